The Labute approximate surface area is 155 Å². The number of urea groups is 1. The van der Waals surface area contributed by atoms with Gasteiger partial charge in [-0.3, -0.25) is 4.90 Å². The first kappa shape index (κ1) is 19.1. The predicted octanol–water partition coefficient (Wildman–Crippen LogP) is 3.48. The van der Waals surface area contributed by atoms with Gasteiger partial charge in [-0.05, 0) is 42.2 Å². The number of carbonyl (C=O) groups is 1. The van der Waals surface area contributed by atoms with E-state index in [1.165, 1.54) is 0 Å². The minimum absolute atomic E-state index is 0.0606. The molecule has 0 saturated carbocycles. The van der Waals surface area contributed by atoms with E-state index in [0.717, 1.165) is 5.76 Å². The summed E-state index contributed by atoms with van der Waals surface area (Å²) >= 11 is 3.41. The molecule has 1 aromatic carbocycles. The van der Waals surface area contributed by atoms with E-state index >= 15 is 0 Å². The van der Waals surface area contributed by atoms with Gasteiger partial charge in [-0.15, -0.1) is 0 Å². The summed E-state index contributed by atoms with van der Waals surface area (Å²) in [6.07, 6.45) is 1.62. The molecule has 0 spiro atoms. The van der Waals surface area contributed by atoms with Crippen molar-refractivity contribution >= 4 is 27.6 Å². The Morgan fingerprint density at radius 1 is 1.28 bits per heavy atom. The number of ether oxygens (including phenoxy) is 2. The third kappa shape index (κ3) is 4.90. The van der Waals surface area contributed by atoms with Gasteiger partial charge < -0.3 is 24.5 Å². The molecule has 2 aromatic rings. The van der Waals surface area contributed by atoms with Crippen molar-refractivity contribution in [3.05, 3.63) is 40.8 Å². The van der Waals surface area contributed by atoms with Gasteiger partial charge in [-0.25, -0.2) is 4.79 Å². The third-order valence-corrected chi connectivity index (χ3v) is 4.33. The second-order valence-electron chi connectivity index (χ2n) is 5.52. The lowest BCUT2D eigenvalue weighted by Crippen LogP contribution is -2.36. The van der Waals surface area contributed by atoms with Crippen LogP contribution in [0.25, 0.3) is 0 Å². The third-order valence-electron chi connectivity index (χ3n) is 3.67. The number of hydrogen-bond donors (Lipinski definition) is 2. The van der Waals surface area contributed by atoms with Gasteiger partial charge in [0.25, 0.3) is 0 Å². The quantitative estimate of drug-likeness (QED) is 0.729. The second-order valence-corrected chi connectivity index (χ2v) is 6.37. The number of likely N-dealkylation sites (N-methyl/N-ethyl adjacent to an activating group) is 1. The maximum absolute atomic E-state index is 12.3. The molecule has 8 heteroatoms. The lowest BCUT2D eigenvalue weighted by Gasteiger charge is -2.22. The number of halogens is 1. The van der Waals surface area contributed by atoms with E-state index in [4.69, 9.17) is 13.9 Å². The normalized spacial score (nSPS) is 11.9. The minimum Gasteiger partial charge on any atom is -0.493 e. The van der Waals surface area contributed by atoms with E-state index in [0.29, 0.717) is 28.2 Å². The van der Waals surface area contributed by atoms with Gasteiger partial charge in [0, 0.05) is 23.2 Å². The predicted molar refractivity (Wildman–Crippen MR) is 99.4 cm³/mol. The summed E-state index contributed by atoms with van der Waals surface area (Å²) in [5, 5.41) is 5.64. The van der Waals surface area contributed by atoms with E-state index in [1.807, 2.05) is 31.1 Å². The highest BCUT2D eigenvalue weighted by Crippen LogP contribution is 2.36. The highest BCUT2D eigenvalue weighted by Gasteiger charge is 2.18. The molecule has 0 fully saturated rings. The zero-order valence-corrected chi connectivity index (χ0v) is 16.2. The molecule has 2 N–H and O–H groups in total. The zero-order chi connectivity index (χ0) is 18.4. The molecule has 7 nitrogen and oxygen atoms in total. The van der Waals surface area contributed by atoms with Gasteiger partial charge in [0.15, 0.2) is 11.5 Å². The van der Waals surface area contributed by atoms with Crippen molar-refractivity contribution in [3.8, 4) is 11.5 Å². The first-order chi connectivity index (χ1) is 12.0. The maximum atomic E-state index is 12.3. The molecule has 0 bridgehead atoms. The largest absolute Gasteiger partial charge is 0.493 e. The van der Waals surface area contributed by atoms with E-state index in [-0.39, 0.29) is 12.1 Å². The number of amides is 2. The average Bonchev–Trinajstić information content (AvgIpc) is 3.10. The Bertz CT molecular complexity index is 704. The Kier molecular flexibility index (Phi) is 6.72. The number of rotatable bonds is 7. The van der Waals surface area contributed by atoms with Crippen LogP contribution in [0.5, 0.6) is 11.5 Å². The zero-order valence-electron chi connectivity index (χ0n) is 14.6. The summed E-state index contributed by atoms with van der Waals surface area (Å²) in [5.41, 5.74) is 0.578. The number of hydrogen-bond acceptors (Lipinski definition) is 5. The van der Waals surface area contributed by atoms with Gasteiger partial charge in [0.1, 0.15) is 5.76 Å². The standard InChI is InChI=1S/C17H22BrN3O4/c1-21(2)13(14-6-5-7-25-14)10-19-17(22)20-12-9-16(24-4)15(23-3)8-11(12)18/h5-9,13H,10H2,1-4H3,(H2,19,20,22). The smallest absolute Gasteiger partial charge is 0.319 e. The topological polar surface area (TPSA) is 76.0 Å². The molecule has 2 rings (SSSR count). The molecule has 1 atom stereocenters. The van der Waals surface area contributed by atoms with Crippen LogP contribution in [0.1, 0.15) is 11.8 Å². The first-order valence-corrected chi connectivity index (χ1v) is 8.41. The molecule has 1 unspecified atom stereocenters. The van der Waals surface area contributed by atoms with Crippen LogP contribution < -0.4 is 20.1 Å². The van der Waals surface area contributed by atoms with Crippen LogP contribution in [0.2, 0.25) is 0 Å². The molecule has 0 aliphatic rings. The van der Waals surface area contributed by atoms with Crippen molar-refractivity contribution in [2.24, 2.45) is 0 Å². The number of nitrogens with zero attached hydrogens (tertiary/aromatic N) is 1. The van der Waals surface area contributed by atoms with E-state index in [9.17, 15) is 4.79 Å². The van der Waals surface area contributed by atoms with Gasteiger partial charge in [0.2, 0.25) is 0 Å². The van der Waals surface area contributed by atoms with Crippen LogP contribution in [-0.2, 0) is 0 Å². The molecule has 0 radical (unpaired) electrons. The van der Waals surface area contributed by atoms with Crippen molar-refractivity contribution in [1.29, 1.82) is 0 Å². The van der Waals surface area contributed by atoms with Crippen LogP contribution in [0, 0.1) is 0 Å². The van der Waals surface area contributed by atoms with Crippen molar-refractivity contribution in [1.82, 2.24) is 10.2 Å². The molecule has 1 heterocycles. The molecule has 0 aliphatic heterocycles. The molecule has 25 heavy (non-hydrogen) atoms. The van der Waals surface area contributed by atoms with Crippen LogP contribution >= 0.6 is 15.9 Å². The fraction of sp³-hybridized carbons (Fsp3) is 0.353. The van der Waals surface area contributed by atoms with Crippen LogP contribution in [0.3, 0.4) is 0 Å². The SMILES string of the molecule is COc1cc(Br)c(NC(=O)NCC(c2ccco2)N(C)C)cc1OC. The van der Waals surface area contributed by atoms with E-state index in [2.05, 4.69) is 26.6 Å². The van der Waals surface area contributed by atoms with E-state index < -0.39 is 0 Å². The fourth-order valence-corrected chi connectivity index (χ4v) is 2.75. The molecule has 1 aromatic heterocycles. The first-order valence-electron chi connectivity index (χ1n) is 7.62. The lowest BCUT2D eigenvalue weighted by molar-refractivity contribution is 0.233. The molecular weight excluding hydrogens is 390 g/mol. The monoisotopic (exact) mass is 411 g/mol. The number of furan rings is 1. The van der Waals surface area contributed by atoms with Crippen LogP contribution in [0.4, 0.5) is 10.5 Å². The minimum atomic E-state index is -0.327. The maximum Gasteiger partial charge on any atom is 0.319 e. The average molecular weight is 412 g/mol. The molecule has 0 saturated heterocycles. The van der Waals surface area contributed by atoms with Gasteiger partial charge in [0.05, 0.1) is 32.2 Å². The van der Waals surface area contributed by atoms with Crippen molar-refractivity contribution in [2.75, 3.05) is 40.2 Å². The van der Waals surface area contributed by atoms with E-state index in [1.54, 1.807) is 32.6 Å². The summed E-state index contributed by atoms with van der Waals surface area (Å²) < 4.78 is 16.6. The highest BCUT2D eigenvalue weighted by molar-refractivity contribution is 9.10. The lowest BCUT2D eigenvalue weighted by atomic mass is 10.2. The van der Waals surface area contributed by atoms with Crippen LogP contribution in [-0.4, -0.2) is 45.8 Å². The van der Waals surface area contributed by atoms with Crippen molar-refractivity contribution < 1.29 is 18.7 Å². The van der Waals surface area contributed by atoms with Crippen molar-refractivity contribution in [2.45, 2.75) is 6.04 Å². The van der Waals surface area contributed by atoms with Crippen LogP contribution in [0.15, 0.2) is 39.4 Å². The number of carbonyl (C=O) groups excluding carboxylic acids is 1. The summed E-state index contributed by atoms with van der Waals surface area (Å²) in [6, 6.07) is 6.75. The fourth-order valence-electron chi connectivity index (χ4n) is 2.32. The van der Waals surface area contributed by atoms with Gasteiger partial charge in [-0.2, -0.15) is 0 Å². The Balaban J connectivity index is 2.02. The second kappa shape index (κ2) is 8.77. The molecule has 2 amide bonds. The number of anilines is 1. The summed E-state index contributed by atoms with van der Waals surface area (Å²) in [4.78, 5) is 14.2. The highest BCUT2D eigenvalue weighted by atomic mass is 79.9. The molecular formula is C17H22BrN3O4. The Morgan fingerprint density at radius 2 is 1.96 bits per heavy atom. The summed E-state index contributed by atoms with van der Waals surface area (Å²) in [5.74, 6) is 1.89. The number of methoxy groups -OCH3 is 2. The number of nitrogens with one attached hydrogen (secondary N) is 2. The summed E-state index contributed by atoms with van der Waals surface area (Å²) in [7, 11) is 6.95. The van der Waals surface area contributed by atoms with Crippen molar-refractivity contribution in [3.63, 3.8) is 0 Å². The molecule has 136 valence electrons. The van der Waals surface area contributed by atoms with Gasteiger partial charge >= 0.3 is 6.03 Å². The molecule has 0 aliphatic carbocycles. The Morgan fingerprint density at radius 3 is 2.52 bits per heavy atom. The summed E-state index contributed by atoms with van der Waals surface area (Å²) in [6.45, 7) is 0.400. The number of benzene rings is 1. The Hall–Kier alpha value is -2.19. The van der Waals surface area contributed by atoms with Gasteiger partial charge in [-0.1, -0.05) is 0 Å².